The van der Waals surface area contributed by atoms with Gasteiger partial charge in [-0.25, -0.2) is 4.98 Å². The summed E-state index contributed by atoms with van der Waals surface area (Å²) >= 11 is 0. The third-order valence-electron chi connectivity index (χ3n) is 5.16. The molecule has 27 heavy (non-hydrogen) atoms. The van der Waals surface area contributed by atoms with Crippen LogP contribution in [-0.4, -0.2) is 22.6 Å². The van der Waals surface area contributed by atoms with Gasteiger partial charge in [0.2, 0.25) is 5.95 Å². The summed E-state index contributed by atoms with van der Waals surface area (Å²) in [6.45, 7) is 8.15. The molecule has 4 heteroatoms. The van der Waals surface area contributed by atoms with Crippen molar-refractivity contribution in [3.63, 3.8) is 0 Å². The van der Waals surface area contributed by atoms with Crippen LogP contribution in [0.3, 0.4) is 0 Å². The van der Waals surface area contributed by atoms with Gasteiger partial charge in [-0.3, -0.25) is 0 Å². The lowest BCUT2D eigenvalue weighted by atomic mass is 10.1. The van der Waals surface area contributed by atoms with Crippen LogP contribution in [-0.2, 0) is 13.0 Å². The van der Waals surface area contributed by atoms with Gasteiger partial charge in [-0.15, -0.1) is 0 Å². The fourth-order valence-corrected chi connectivity index (χ4v) is 3.84. The van der Waals surface area contributed by atoms with Crippen LogP contribution in [0.5, 0.6) is 0 Å². The molecule has 1 atom stereocenters. The third-order valence-corrected chi connectivity index (χ3v) is 5.16. The number of hydrogen-bond donors (Lipinski definition) is 0. The molecule has 0 amide bonds. The van der Waals surface area contributed by atoms with E-state index >= 15 is 0 Å². The Bertz CT molecular complexity index is 923. The van der Waals surface area contributed by atoms with E-state index in [1.165, 1.54) is 16.8 Å². The van der Waals surface area contributed by atoms with Crippen LogP contribution in [0.2, 0.25) is 0 Å². The molecule has 4 rings (SSSR count). The molecule has 3 aromatic rings. The fraction of sp³-hybridized carbons (Fsp3) is 0.304. The Balaban J connectivity index is 1.69. The molecule has 1 aliphatic rings. The molecule has 2 aromatic carbocycles. The minimum atomic E-state index is 0.397. The van der Waals surface area contributed by atoms with E-state index in [9.17, 15) is 0 Å². The van der Waals surface area contributed by atoms with Crippen LogP contribution in [0.15, 0.2) is 60.7 Å². The number of fused-ring (bicyclic) bond motifs is 1. The summed E-state index contributed by atoms with van der Waals surface area (Å²) < 4.78 is 0. The van der Waals surface area contributed by atoms with E-state index in [2.05, 4.69) is 85.2 Å². The molecule has 1 aromatic heterocycles. The lowest BCUT2D eigenvalue weighted by Crippen LogP contribution is -2.28. The molecule has 0 saturated heterocycles. The number of anilines is 3. The van der Waals surface area contributed by atoms with Gasteiger partial charge in [-0.2, -0.15) is 4.98 Å². The van der Waals surface area contributed by atoms with Crippen molar-refractivity contribution in [1.82, 2.24) is 9.97 Å². The van der Waals surface area contributed by atoms with Crippen LogP contribution in [0.4, 0.5) is 17.5 Å². The van der Waals surface area contributed by atoms with E-state index in [1.807, 2.05) is 6.07 Å². The zero-order valence-electron chi connectivity index (χ0n) is 16.3. The van der Waals surface area contributed by atoms with Crippen molar-refractivity contribution in [3.05, 3.63) is 77.5 Å². The second kappa shape index (κ2) is 7.39. The minimum absolute atomic E-state index is 0.397. The zero-order valence-corrected chi connectivity index (χ0v) is 16.3. The molecule has 4 nitrogen and oxygen atoms in total. The number of hydrogen-bond acceptors (Lipinski definition) is 4. The summed E-state index contributed by atoms with van der Waals surface area (Å²) in [6.07, 6.45) is 1.05. The first kappa shape index (κ1) is 17.5. The van der Waals surface area contributed by atoms with Gasteiger partial charge >= 0.3 is 0 Å². The molecule has 0 bridgehead atoms. The second-order valence-electron chi connectivity index (χ2n) is 7.22. The SMILES string of the molecule is CCN(Cc1ccccc1)c1nc(C)cc(N2c3ccccc3CC2C)n1. The largest absolute Gasteiger partial charge is 0.337 e. The lowest BCUT2D eigenvalue weighted by Gasteiger charge is -2.27. The minimum Gasteiger partial charge on any atom is -0.337 e. The second-order valence-corrected chi connectivity index (χ2v) is 7.22. The van der Waals surface area contributed by atoms with Crippen molar-refractivity contribution in [1.29, 1.82) is 0 Å². The lowest BCUT2D eigenvalue weighted by molar-refractivity contribution is 0.739. The predicted octanol–water partition coefficient (Wildman–Crippen LogP) is 4.89. The molecular weight excluding hydrogens is 332 g/mol. The van der Waals surface area contributed by atoms with Crippen molar-refractivity contribution in [3.8, 4) is 0 Å². The van der Waals surface area contributed by atoms with Crippen LogP contribution >= 0.6 is 0 Å². The number of rotatable bonds is 5. The molecule has 0 fully saturated rings. The van der Waals surface area contributed by atoms with Crippen molar-refractivity contribution in [2.24, 2.45) is 0 Å². The molecule has 1 aliphatic heterocycles. The van der Waals surface area contributed by atoms with E-state index in [0.717, 1.165) is 37.0 Å². The molecule has 0 radical (unpaired) electrons. The molecular formula is C23H26N4. The highest BCUT2D eigenvalue weighted by molar-refractivity contribution is 5.69. The number of aryl methyl sites for hydroxylation is 1. The number of aromatic nitrogens is 2. The zero-order chi connectivity index (χ0) is 18.8. The normalized spacial score (nSPS) is 15.7. The van der Waals surface area contributed by atoms with Crippen molar-refractivity contribution in [2.45, 2.75) is 39.8 Å². The maximum absolute atomic E-state index is 4.97. The van der Waals surface area contributed by atoms with Gasteiger partial charge < -0.3 is 9.80 Å². The van der Waals surface area contributed by atoms with Gasteiger partial charge in [-0.05, 0) is 44.4 Å². The van der Waals surface area contributed by atoms with Crippen LogP contribution in [0, 0.1) is 6.92 Å². The van der Waals surface area contributed by atoms with Crippen molar-refractivity contribution in [2.75, 3.05) is 16.3 Å². The molecule has 2 heterocycles. The molecule has 0 saturated carbocycles. The molecule has 0 aliphatic carbocycles. The van der Waals surface area contributed by atoms with E-state index in [1.54, 1.807) is 0 Å². The Kier molecular flexibility index (Phi) is 4.80. The Morgan fingerprint density at radius 1 is 1.04 bits per heavy atom. The first-order valence-electron chi connectivity index (χ1n) is 9.67. The van der Waals surface area contributed by atoms with E-state index in [4.69, 9.17) is 9.97 Å². The third kappa shape index (κ3) is 3.52. The Morgan fingerprint density at radius 3 is 2.56 bits per heavy atom. The van der Waals surface area contributed by atoms with Gasteiger partial charge in [0.1, 0.15) is 5.82 Å². The molecule has 1 unspecified atom stereocenters. The highest BCUT2D eigenvalue weighted by Gasteiger charge is 2.28. The van der Waals surface area contributed by atoms with Crippen LogP contribution in [0.1, 0.15) is 30.7 Å². The number of benzene rings is 2. The van der Waals surface area contributed by atoms with Gasteiger partial charge in [0, 0.05) is 36.6 Å². The molecule has 0 spiro atoms. The van der Waals surface area contributed by atoms with Gasteiger partial charge in [-0.1, -0.05) is 48.5 Å². The van der Waals surface area contributed by atoms with Gasteiger partial charge in [0.05, 0.1) is 0 Å². The first-order chi connectivity index (χ1) is 13.2. The highest BCUT2D eigenvalue weighted by Crippen LogP contribution is 2.37. The van der Waals surface area contributed by atoms with E-state index in [0.29, 0.717) is 6.04 Å². The van der Waals surface area contributed by atoms with Crippen LogP contribution < -0.4 is 9.80 Å². The van der Waals surface area contributed by atoms with Gasteiger partial charge in [0.15, 0.2) is 0 Å². The topological polar surface area (TPSA) is 32.3 Å². The molecule has 138 valence electrons. The van der Waals surface area contributed by atoms with E-state index < -0.39 is 0 Å². The Hall–Kier alpha value is -2.88. The monoisotopic (exact) mass is 358 g/mol. The highest BCUT2D eigenvalue weighted by atomic mass is 15.3. The first-order valence-corrected chi connectivity index (χ1v) is 9.67. The summed E-state index contributed by atoms with van der Waals surface area (Å²) in [5, 5.41) is 0. The summed E-state index contributed by atoms with van der Waals surface area (Å²) in [4.78, 5) is 14.3. The van der Waals surface area contributed by atoms with Crippen molar-refractivity contribution < 1.29 is 0 Å². The predicted molar refractivity (Wildman–Crippen MR) is 112 cm³/mol. The standard InChI is InChI=1S/C23H26N4/c1-4-26(16-19-10-6-5-7-11-19)23-24-17(2)14-22(25-23)27-18(3)15-20-12-8-9-13-21(20)27/h5-14,18H,4,15-16H2,1-3H3. The fourth-order valence-electron chi connectivity index (χ4n) is 3.84. The quantitative estimate of drug-likeness (QED) is 0.650. The smallest absolute Gasteiger partial charge is 0.227 e. The van der Waals surface area contributed by atoms with E-state index in [-0.39, 0.29) is 0 Å². The van der Waals surface area contributed by atoms with Crippen LogP contribution in [0.25, 0.3) is 0 Å². The summed E-state index contributed by atoms with van der Waals surface area (Å²) in [5.74, 6) is 1.79. The van der Waals surface area contributed by atoms with Crippen molar-refractivity contribution >= 4 is 17.5 Å². The average Bonchev–Trinajstić information content (AvgIpc) is 3.02. The average molecular weight is 358 g/mol. The maximum atomic E-state index is 4.97. The maximum Gasteiger partial charge on any atom is 0.227 e. The summed E-state index contributed by atoms with van der Waals surface area (Å²) in [6, 6.07) is 21.6. The Labute approximate surface area is 161 Å². The van der Waals surface area contributed by atoms with Gasteiger partial charge in [0.25, 0.3) is 0 Å². The Morgan fingerprint density at radius 2 is 1.78 bits per heavy atom. The molecule has 0 N–H and O–H groups in total. The summed E-state index contributed by atoms with van der Waals surface area (Å²) in [5.41, 5.74) is 4.92. The summed E-state index contributed by atoms with van der Waals surface area (Å²) in [7, 11) is 0. The number of nitrogens with zero attached hydrogens (tertiary/aromatic N) is 4. The number of para-hydroxylation sites is 1.